The maximum atomic E-state index is 14.9. The minimum absolute atomic E-state index is 0. The summed E-state index contributed by atoms with van der Waals surface area (Å²) in [5.74, 6) is 1.53. The van der Waals surface area contributed by atoms with Crippen molar-refractivity contribution in [3.8, 4) is 33.8 Å². The summed E-state index contributed by atoms with van der Waals surface area (Å²) in [6.45, 7) is 11.1. The highest BCUT2D eigenvalue weighted by atomic mass is 35.5. The molecule has 64 heavy (non-hydrogen) atoms. The SMILES string of the molecule is CC(=O)N1CC(C)(N(C)c2cc3c(cc2-c2ccccc2F)OCC2=NNC(=O)[C@@H](C)N23)C1.C[C@@H]1C(=O)NN=C2COc3cc(-c4ccccc4F)c(N(C)C4(C)CCC4)cc3N21.Cl. The van der Waals surface area contributed by atoms with Crippen molar-refractivity contribution in [3.05, 3.63) is 84.4 Å². The minimum atomic E-state index is -0.467. The molecule has 10 rings (SSSR count). The molecule has 17 heteroatoms. The van der Waals surface area contributed by atoms with Crippen LogP contribution in [0.5, 0.6) is 11.5 Å². The van der Waals surface area contributed by atoms with Gasteiger partial charge in [0.15, 0.2) is 11.7 Å². The first-order chi connectivity index (χ1) is 30.1. The van der Waals surface area contributed by atoms with Crippen molar-refractivity contribution in [2.75, 3.05) is 60.0 Å². The van der Waals surface area contributed by atoms with Crippen LogP contribution >= 0.6 is 12.4 Å². The number of benzene rings is 4. The molecule has 4 aromatic carbocycles. The molecule has 1 saturated heterocycles. The fraction of sp³-hybridized carbons (Fsp3) is 0.383. The molecule has 0 spiro atoms. The summed E-state index contributed by atoms with van der Waals surface area (Å²) in [6, 6.07) is 20.3. The van der Waals surface area contributed by atoms with E-state index in [0.717, 1.165) is 35.5 Å². The molecule has 14 nitrogen and oxygen atoms in total. The molecule has 5 aliphatic heterocycles. The van der Waals surface area contributed by atoms with E-state index in [1.165, 1.54) is 18.6 Å². The summed E-state index contributed by atoms with van der Waals surface area (Å²) < 4.78 is 41.6. The number of fused-ring (bicyclic) bond motifs is 6. The van der Waals surface area contributed by atoms with E-state index in [9.17, 15) is 23.2 Å². The second-order valence-corrected chi connectivity index (χ2v) is 17.7. The number of amidine groups is 2. The Morgan fingerprint density at radius 2 is 1.12 bits per heavy atom. The van der Waals surface area contributed by atoms with Gasteiger partial charge in [-0.1, -0.05) is 36.4 Å². The van der Waals surface area contributed by atoms with Gasteiger partial charge in [-0.2, -0.15) is 10.2 Å². The number of carbonyl (C=O) groups is 3. The highest BCUT2D eigenvalue weighted by Crippen LogP contribution is 2.49. The van der Waals surface area contributed by atoms with Gasteiger partial charge in [0, 0.05) is 73.3 Å². The molecule has 2 N–H and O–H groups in total. The molecule has 0 aromatic heterocycles. The zero-order valence-corrected chi connectivity index (χ0v) is 37.7. The Kier molecular flexibility index (Phi) is 11.5. The molecule has 2 fully saturated rings. The van der Waals surface area contributed by atoms with Gasteiger partial charge < -0.3 is 34.0 Å². The number of hydrazone groups is 2. The van der Waals surface area contributed by atoms with Crippen LogP contribution in [0.1, 0.15) is 53.9 Å². The van der Waals surface area contributed by atoms with E-state index in [1.54, 1.807) is 42.2 Å². The number of halogens is 3. The standard InChI is InChI=1S/C24H26FN5O3.C23H25FN4O2.ClH/c1-14-23(32)27-26-22-11-33-21-9-17(16-7-5-6-8-18(16)25)19(10-20(21)30(14)22)28(4)24(3)12-29(13-24)15(2)31;1-14-22(29)26-25-21-13-30-20-11-16(15-7-4-5-8-17(15)24)18(12-19(20)28(14)21)27(3)23(2)9-6-10-23;/h5-10,14H,11-13H2,1-4H3,(H,27,32);4-5,7-8,11-12,14H,6,9-10,13H2,1-3H3,(H,26,29);1H/t2*14-;/m11./s1. The van der Waals surface area contributed by atoms with Crippen molar-refractivity contribution in [2.45, 2.75) is 77.0 Å². The molecule has 2 atom stereocenters. The summed E-state index contributed by atoms with van der Waals surface area (Å²) in [6.07, 6.45) is 3.36. The Balaban J connectivity index is 0.000000173. The van der Waals surface area contributed by atoms with E-state index in [4.69, 9.17) is 9.47 Å². The molecule has 336 valence electrons. The van der Waals surface area contributed by atoms with Gasteiger partial charge in [0.1, 0.15) is 48.4 Å². The predicted molar refractivity (Wildman–Crippen MR) is 247 cm³/mol. The molecule has 6 aliphatic rings. The maximum Gasteiger partial charge on any atom is 0.262 e. The second-order valence-electron chi connectivity index (χ2n) is 17.7. The third-order valence-electron chi connectivity index (χ3n) is 13.7. The zero-order valence-electron chi connectivity index (χ0n) is 36.9. The van der Waals surface area contributed by atoms with Crippen LogP contribution in [-0.2, 0) is 14.4 Å². The van der Waals surface area contributed by atoms with Crippen LogP contribution < -0.4 is 39.9 Å². The van der Waals surface area contributed by atoms with Crippen LogP contribution in [0.4, 0.5) is 31.5 Å². The van der Waals surface area contributed by atoms with E-state index < -0.39 is 12.1 Å². The number of likely N-dealkylation sites (N-methyl/N-ethyl adjacent to an activating group) is 1. The van der Waals surface area contributed by atoms with Crippen LogP contribution in [0.2, 0.25) is 0 Å². The Hall–Kier alpha value is -6.42. The topological polar surface area (TPSA) is 135 Å². The minimum Gasteiger partial charge on any atom is -0.483 e. The number of anilines is 4. The van der Waals surface area contributed by atoms with Crippen molar-refractivity contribution in [3.63, 3.8) is 0 Å². The number of nitrogens with one attached hydrogen (secondary N) is 2. The van der Waals surface area contributed by atoms with Crippen molar-refractivity contribution in [1.29, 1.82) is 0 Å². The van der Waals surface area contributed by atoms with Gasteiger partial charge in [0.2, 0.25) is 5.91 Å². The molecule has 4 aromatic rings. The van der Waals surface area contributed by atoms with Crippen molar-refractivity contribution < 1.29 is 32.6 Å². The lowest BCUT2D eigenvalue weighted by molar-refractivity contribution is -0.135. The van der Waals surface area contributed by atoms with E-state index >= 15 is 0 Å². The number of hydrogen-bond acceptors (Lipinski definition) is 11. The summed E-state index contributed by atoms with van der Waals surface area (Å²) in [5.41, 5.74) is 10.5. The highest BCUT2D eigenvalue weighted by molar-refractivity contribution is 6.11. The van der Waals surface area contributed by atoms with E-state index in [2.05, 4.69) is 51.7 Å². The lowest BCUT2D eigenvalue weighted by atomic mass is 9.76. The van der Waals surface area contributed by atoms with Gasteiger partial charge in [-0.25, -0.2) is 19.6 Å². The molecule has 1 saturated carbocycles. The molecule has 0 unspecified atom stereocenters. The van der Waals surface area contributed by atoms with Gasteiger partial charge in [-0.3, -0.25) is 14.4 Å². The average molecular weight is 896 g/mol. The van der Waals surface area contributed by atoms with Crippen molar-refractivity contribution in [1.82, 2.24) is 15.8 Å². The van der Waals surface area contributed by atoms with Gasteiger partial charge in [-0.15, -0.1) is 12.4 Å². The largest absolute Gasteiger partial charge is 0.483 e. The molecular formula is C47H52ClF2N9O5. The van der Waals surface area contributed by atoms with E-state index in [0.29, 0.717) is 58.6 Å². The van der Waals surface area contributed by atoms with Crippen LogP contribution in [0.3, 0.4) is 0 Å². The van der Waals surface area contributed by atoms with E-state index in [-0.39, 0.29) is 66.1 Å². The van der Waals surface area contributed by atoms with Crippen LogP contribution in [0.25, 0.3) is 22.3 Å². The third kappa shape index (κ3) is 7.40. The number of amides is 3. The number of likely N-dealkylation sites (tertiary alicyclic amines) is 1. The summed E-state index contributed by atoms with van der Waals surface area (Å²) in [7, 11) is 4.02. The number of rotatable bonds is 6. The fourth-order valence-electron chi connectivity index (χ4n) is 9.28. The van der Waals surface area contributed by atoms with Crippen LogP contribution in [-0.4, -0.2) is 97.9 Å². The maximum absolute atomic E-state index is 14.9. The average Bonchev–Trinajstić information content (AvgIpc) is 3.25. The Labute approximate surface area is 377 Å². The summed E-state index contributed by atoms with van der Waals surface area (Å²) in [4.78, 5) is 46.3. The summed E-state index contributed by atoms with van der Waals surface area (Å²) in [5, 5.41) is 8.33. The van der Waals surface area contributed by atoms with Crippen molar-refractivity contribution in [2.24, 2.45) is 10.2 Å². The number of hydrogen-bond donors (Lipinski definition) is 2. The first kappa shape index (κ1) is 44.2. The Bertz CT molecular complexity index is 2610. The third-order valence-corrected chi connectivity index (χ3v) is 13.7. The number of carbonyl (C=O) groups excluding carboxylic acids is 3. The lowest BCUT2D eigenvalue weighted by Gasteiger charge is -2.54. The molecule has 1 aliphatic carbocycles. The molecule has 0 bridgehead atoms. The smallest absolute Gasteiger partial charge is 0.262 e. The van der Waals surface area contributed by atoms with Crippen LogP contribution in [0.15, 0.2) is 83.0 Å². The quantitative estimate of drug-likeness (QED) is 0.212. The Morgan fingerprint density at radius 1 is 0.703 bits per heavy atom. The van der Waals surface area contributed by atoms with Gasteiger partial charge >= 0.3 is 0 Å². The predicted octanol–water partition coefficient (Wildman–Crippen LogP) is 6.90. The zero-order chi connectivity index (χ0) is 44.5. The first-order valence-corrected chi connectivity index (χ1v) is 21.2. The van der Waals surface area contributed by atoms with Gasteiger partial charge in [0.25, 0.3) is 11.8 Å². The van der Waals surface area contributed by atoms with E-state index in [1.807, 2.05) is 61.0 Å². The molecule has 0 radical (unpaired) electrons. The Morgan fingerprint density at radius 3 is 1.52 bits per heavy atom. The van der Waals surface area contributed by atoms with Crippen LogP contribution in [0, 0.1) is 11.6 Å². The monoisotopic (exact) mass is 895 g/mol. The second kappa shape index (κ2) is 16.6. The number of nitrogens with zero attached hydrogens (tertiary/aromatic N) is 7. The normalized spacial score (nSPS) is 20.7. The molecular weight excluding hydrogens is 844 g/mol. The van der Waals surface area contributed by atoms with Crippen molar-refractivity contribution >= 4 is 64.5 Å². The molecule has 3 amide bonds. The highest BCUT2D eigenvalue weighted by Gasteiger charge is 2.45. The lowest BCUT2D eigenvalue weighted by Crippen LogP contribution is -2.69. The first-order valence-electron chi connectivity index (χ1n) is 21.2. The fourth-order valence-corrected chi connectivity index (χ4v) is 9.28. The van der Waals surface area contributed by atoms with Gasteiger partial charge in [-0.05, 0) is 83.4 Å². The summed E-state index contributed by atoms with van der Waals surface area (Å²) >= 11 is 0. The van der Waals surface area contributed by atoms with Gasteiger partial charge in [0.05, 0.1) is 16.9 Å². The molecule has 5 heterocycles. The number of ether oxygens (including phenoxy) is 2.